The van der Waals surface area contributed by atoms with Gasteiger partial charge in [0.15, 0.2) is 0 Å². The predicted octanol–water partition coefficient (Wildman–Crippen LogP) is 2.37. The van der Waals surface area contributed by atoms with Gasteiger partial charge in [-0.3, -0.25) is 4.72 Å². The van der Waals surface area contributed by atoms with Gasteiger partial charge in [0.2, 0.25) is 0 Å². The van der Waals surface area contributed by atoms with Gasteiger partial charge in [-0.1, -0.05) is 18.2 Å². The van der Waals surface area contributed by atoms with Crippen molar-refractivity contribution >= 4 is 22.0 Å². The molecule has 20 heavy (non-hydrogen) atoms. The van der Waals surface area contributed by atoms with Crippen molar-refractivity contribution in [3.8, 4) is 0 Å². The molecule has 0 bridgehead atoms. The van der Waals surface area contributed by atoms with Gasteiger partial charge in [-0.15, -0.1) is 0 Å². The summed E-state index contributed by atoms with van der Waals surface area (Å²) in [5.74, 6) is -0.450. The summed E-state index contributed by atoms with van der Waals surface area (Å²) in [5, 5.41) is 0. The molecule has 0 fully saturated rings. The van der Waals surface area contributed by atoms with Gasteiger partial charge in [-0.2, -0.15) is 0 Å². The van der Waals surface area contributed by atoms with Crippen LogP contribution in [0.15, 0.2) is 53.4 Å². The van der Waals surface area contributed by atoms with Crippen molar-refractivity contribution in [2.24, 2.45) is 0 Å². The first-order chi connectivity index (χ1) is 9.53. The van der Waals surface area contributed by atoms with Crippen LogP contribution in [0.5, 0.6) is 0 Å². The van der Waals surface area contributed by atoms with Crippen LogP contribution >= 0.6 is 0 Å². The van der Waals surface area contributed by atoms with Crippen LogP contribution in [0.1, 0.15) is 5.56 Å². The largest absolute Gasteiger partial charge is 0.303 e. The third kappa shape index (κ3) is 3.21. The van der Waals surface area contributed by atoms with Crippen LogP contribution in [0.25, 0.3) is 0 Å². The van der Waals surface area contributed by atoms with Crippen LogP contribution in [-0.2, 0) is 21.2 Å². The Hall–Kier alpha value is -2.21. The van der Waals surface area contributed by atoms with E-state index in [1.807, 2.05) is 0 Å². The number of rotatable bonds is 5. The van der Waals surface area contributed by atoms with Crippen LogP contribution in [-0.4, -0.2) is 14.7 Å². The summed E-state index contributed by atoms with van der Waals surface area (Å²) >= 11 is 0. The van der Waals surface area contributed by atoms with Gasteiger partial charge in [0, 0.05) is 12.1 Å². The fourth-order valence-electron chi connectivity index (χ4n) is 1.75. The third-order valence-corrected chi connectivity index (χ3v) is 4.14. The lowest BCUT2D eigenvalue weighted by atomic mass is 10.2. The third-order valence-electron chi connectivity index (χ3n) is 2.66. The lowest BCUT2D eigenvalue weighted by Crippen LogP contribution is -2.15. The number of sulfonamides is 1. The molecule has 4 nitrogen and oxygen atoms in total. The number of aldehydes is 1. The highest BCUT2D eigenvalue weighted by Gasteiger charge is 2.17. The van der Waals surface area contributed by atoms with Crippen LogP contribution in [0, 0.1) is 5.82 Å². The summed E-state index contributed by atoms with van der Waals surface area (Å²) in [7, 11) is -3.81. The Morgan fingerprint density at radius 3 is 2.35 bits per heavy atom. The highest BCUT2D eigenvalue weighted by atomic mass is 32.2. The van der Waals surface area contributed by atoms with Gasteiger partial charge >= 0.3 is 0 Å². The van der Waals surface area contributed by atoms with Crippen molar-refractivity contribution < 1.29 is 17.6 Å². The van der Waals surface area contributed by atoms with E-state index in [-0.39, 0.29) is 17.0 Å². The zero-order chi connectivity index (χ0) is 14.6. The number of nitrogens with one attached hydrogen (secondary N) is 1. The molecule has 2 aromatic carbocycles. The van der Waals surface area contributed by atoms with E-state index in [4.69, 9.17) is 0 Å². The summed E-state index contributed by atoms with van der Waals surface area (Å²) in [6.45, 7) is 0. The second-order valence-corrected chi connectivity index (χ2v) is 5.74. The van der Waals surface area contributed by atoms with E-state index in [0.29, 0.717) is 11.8 Å². The molecule has 1 N–H and O–H groups in total. The summed E-state index contributed by atoms with van der Waals surface area (Å²) in [5.41, 5.74) is 0.671. The minimum Gasteiger partial charge on any atom is -0.303 e. The molecule has 0 amide bonds. The molecule has 6 heteroatoms. The first kappa shape index (κ1) is 14.2. The van der Waals surface area contributed by atoms with Gasteiger partial charge in [-0.05, 0) is 35.9 Å². The monoisotopic (exact) mass is 293 g/mol. The zero-order valence-corrected chi connectivity index (χ0v) is 11.2. The standard InChI is InChI=1S/C14H12FNO3S/c15-12-5-7-13(8-6-12)16-20(18,19)14-4-2-1-3-11(14)9-10-17/h1-8,10,16H,9H2. The van der Waals surface area contributed by atoms with Gasteiger partial charge in [0.1, 0.15) is 12.1 Å². The molecule has 0 radical (unpaired) electrons. The lowest BCUT2D eigenvalue weighted by Gasteiger charge is -2.11. The highest BCUT2D eigenvalue weighted by Crippen LogP contribution is 2.20. The Kier molecular flexibility index (Phi) is 4.14. The zero-order valence-electron chi connectivity index (χ0n) is 10.4. The van der Waals surface area contributed by atoms with Crippen molar-refractivity contribution in [3.05, 3.63) is 59.9 Å². The number of carbonyl (C=O) groups is 1. The van der Waals surface area contributed by atoms with Crippen LogP contribution < -0.4 is 4.72 Å². The normalized spacial score (nSPS) is 11.1. The van der Waals surface area contributed by atoms with E-state index in [9.17, 15) is 17.6 Å². The molecule has 0 saturated carbocycles. The van der Waals surface area contributed by atoms with Gasteiger partial charge in [0.25, 0.3) is 10.0 Å². The summed E-state index contributed by atoms with van der Waals surface area (Å²) in [6.07, 6.45) is 0.659. The number of benzene rings is 2. The van der Waals surface area contributed by atoms with Crippen molar-refractivity contribution in [1.82, 2.24) is 0 Å². The molecule has 2 rings (SSSR count). The molecule has 0 aliphatic heterocycles. The topological polar surface area (TPSA) is 63.2 Å². The number of halogens is 1. The predicted molar refractivity (Wildman–Crippen MR) is 73.4 cm³/mol. The quantitative estimate of drug-likeness (QED) is 0.861. The summed E-state index contributed by atoms with van der Waals surface area (Å²) < 4.78 is 39.7. The first-order valence-electron chi connectivity index (χ1n) is 5.83. The fourth-order valence-corrected chi connectivity index (χ4v) is 3.06. The minimum atomic E-state index is -3.81. The smallest absolute Gasteiger partial charge is 0.262 e. The van der Waals surface area contributed by atoms with Crippen molar-refractivity contribution in [3.63, 3.8) is 0 Å². The molecular weight excluding hydrogens is 281 g/mol. The molecule has 0 spiro atoms. The molecule has 2 aromatic rings. The minimum absolute atomic E-state index is 0.0144. The van der Waals surface area contributed by atoms with Crippen molar-refractivity contribution in [2.45, 2.75) is 11.3 Å². The summed E-state index contributed by atoms with van der Waals surface area (Å²) in [4.78, 5) is 10.6. The summed E-state index contributed by atoms with van der Waals surface area (Å²) in [6, 6.07) is 11.2. The Morgan fingerprint density at radius 2 is 1.70 bits per heavy atom. The maximum absolute atomic E-state index is 12.8. The number of carbonyl (C=O) groups excluding carboxylic acids is 1. The van der Waals surface area contributed by atoms with E-state index in [1.54, 1.807) is 18.2 Å². The van der Waals surface area contributed by atoms with E-state index in [0.717, 1.165) is 12.1 Å². The molecule has 0 aromatic heterocycles. The van der Waals surface area contributed by atoms with Gasteiger partial charge in [0.05, 0.1) is 4.90 Å². The second-order valence-electron chi connectivity index (χ2n) is 4.09. The Bertz CT molecular complexity index is 711. The van der Waals surface area contributed by atoms with E-state index < -0.39 is 15.8 Å². The van der Waals surface area contributed by atoms with E-state index in [1.165, 1.54) is 18.2 Å². The molecule has 0 aliphatic carbocycles. The average Bonchev–Trinajstić information content (AvgIpc) is 2.42. The van der Waals surface area contributed by atoms with E-state index >= 15 is 0 Å². The van der Waals surface area contributed by atoms with Crippen molar-refractivity contribution in [2.75, 3.05) is 4.72 Å². The number of hydrogen-bond donors (Lipinski definition) is 1. The van der Waals surface area contributed by atoms with Gasteiger partial charge in [-0.25, -0.2) is 12.8 Å². The lowest BCUT2D eigenvalue weighted by molar-refractivity contribution is -0.107. The molecule has 0 atom stereocenters. The molecule has 104 valence electrons. The average molecular weight is 293 g/mol. The molecule has 0 heterocycles. The Balaban J connectivity index is 2.35. The van der Waals surface area contributed by atoms with Gasteiger partial charge < -0.3 is 4.79 Å². The highest BCUT2D eigenvalue weighted by molar-refractivity contribution is 7.92. The molecular formula is C14H12FNO3S. The maximum atomic E-state index is 12.8. The molecule has 0 unspecified atom stereocenters. The number of anilines is 1. The maximum Gasteiger partial charge on any atom is 0.262 e. The SMILES string of the molecule is O=CCc1ccccc1S(=O)(=O)Nc1ccc(F)cc1. The van der Waals surface area contributed by atoms with Crippen LogP contribution in [0.3, 0.4) is 0 Å². The van der Waals surface area contributed by atoms with Crippen LogP contribution in [0.4, 0.5) is 10.1 Å². The van der Waals surface area contributed by atoms with Crippen LogP contribution in [0.2, 0.25) is 0 Å². The number of hydrogen-bond acceptors (Lipinski definition) is 3. The first-order valence-corrected chi connectivity index (χ1v) is 7.31. The molecule has 0 saturated heterocycles. The van der Waals surface area contributed by atoms with E-state index in [2.05, 4.69) is 4.72 Å². The second kappa shape index (κ2) is 5.83. The fraction of sp³-hybridized carbons (Fsp3) is 0.0714. The molecule has 0 aliphatic rings. The van der Waals surface area contributed by atoms with Crippen molar-refractivity contribution in [1.29, 1.82) is 0 Å². The Labute approximate surface area is 116 Å². The Morgan fingerprint density at radius 1 is 1.05 bits per heavy atom.